The molecular weight excluding hydrogens is 396 g/mol. The summed E-state index contributed by atoms with van der Waals surface area (Å²) in [6.07, 6.45) is 3.32. The number of amides is 1. The number of fused-ring (bicyclic) bond motifs is 1. The van der Waals surface area contributed by atoms with Gasteiger partial charge in [-0.15, -0.1) is 11.3 Å². The predicted molar refractivity (Wildman–Crippen MR) is 113 cm³/mol. The zero-order chi connectivity index (χ0) is 19.5. The predicted octanol–water partition coefficient (Wildman–Crippen LogP) is 3.42. The van der Waals surface area contributed by atoms with E-state index in [2.05, 4.69) is 10.2 Å². The van der Waals surface area contributed by atoms with E-state index in [1.807, 2.05) is 29.6 Å². The molecule has 1 fully saturated rings. The normalized spacial score (nSPS) is 14.4. The first-order valence-electron chi connectivity index (χ1n) is 9.36. The van der Waals surface area contributed by atoms with Crippen LogP contribution in [0.1, 0.15) is 24.8 Å². The van der Waals surface area contributed by atoms with E-state index in [0.717, 1.165) is 31.5 Å². The molecule has 28 heavy (non-hydrogen) atoms. The van der Waals surface area contributed by atoms with Crippen LogP contribution in [0.3, 0.4) is 0 Å². The van der Waals surface area contributed by atoms with Crippen molar-refractivity contribution < 1.29 is 4.79 Å². The quantitative estimate of drug-likeness (QED) is 0.692. The highest BCUT2D eigenvalue weighted by atomic mass is 35.5. The Hall–Kier alpha value is -2.38. The fourth-order valence-corrected chi connectivity index (χ4v) is 4.45. The third kappa shape index (κ3) is 4.05. The summed E-state index contributed by atoms with van der Waals surface area (Å²) in [5.74, 6) is 0.367. The first-order valence-corrected chi connectivity index (χ1v) is 10.6. The molecule has 6 nitrogen and oxygen atoms in total. The van der Waals surface area contributed by atoms with E-state index in [1.165, 1.54) is 22.3 Å². The second-order valence-electron chi connectivity index (χ2n) is 6.89. The van der Waals surface area contributed by atoms with Crippen molar-refractivity contribution in [3.63, 3.8) is 0 Å². The number of thiophene rings is 1. The average Bonchev–Trinajstić information content (AvgIpc) is 3.18. The summed E-state index contributed by atoms with van der Waals surface area (Å²) >= 11 is 7.35. The van der Waals surface area contributed by atoms with Gasteiger partial charge < -0.3 is 10.2 Å². The highest BCUT2D eigenvalue weighted by Gasteiger charge is 2.21. The second-order valence-corrected chi connectivity index (χ2v) is 8.24. The van der Waals surface area contributed by atoms with Crippen molar-refractivity contribution in [2.24, 2.45) is 0 Å². The van der Waals surface area contributed by atoms with Gasteiger partial charge in [-0.05, 0) is 48.4 Å². The van der Waals surface area contributed by atoms with Crippen molar-refractivity contribution in [3.05, 3.63) is 56.7 Å². The Morgan fingerprint density at radius 2 is 2.04 bits per heavy atom. The molecule has 0 unspecified atom stereocenters. The molecule has 0 radical (unpaired) electrons. The van der Waals surface area contributed by atoms with Crippen molar-refractivity contribution in [1.82, 2.24) is 14.9 Å². The lowest BCUT2D eigenvalue weighted by atomic mass is 10.1. The lowest BCUT2D eigenvalue weighted by Crippen LogP contribution is -2.39. The van der Waals surface area contributed by atoms with Crippen molar-refractivity contribution in [2.75, 3.05) is 18.0 Å². The third-order valence-electron chi connectivity index (χ3n) is 4.87. The van der Waals surface area contributed by atoms with Crippen molar-refractivity contribution in [2.45, 2.75) is 32.4 Å². The van der Waals surface area contributed by atoms with Crippen LogP contribution in [0.2, 0.25) is 5.02 Å². The number of nitrogens with one attached hydrogen (secondary N) is 1. The van der Waals surface area contributed by atoms with E-state index in [0.29, 0.717) is 27.7 Å². The topological polar surface area (TPSA) is 67.2 Å². The highest BCUT2D eigenvalue weighted by Crippen LogP contribution is 2.22. The molecule has 4 rings (SSSR count). The molecule has 3 heterocycles. The number of benzene rings is 1. The molecule has 146 valence electrons. The largest absolute Gasteiger partial charge is 0.350 e. The smallest absolute Gasteiger partial charge is 0.273 e. The molecule has 1 amide bonds. The maximum atomic E-state index is 13.0. The number of carbonyl (C=O) groups is 1. The summed E-state index contributed by atoms with van der Waals surface area (Å²) in [6.45, 7) is 2.02. The first-order chi connectivity index (χ1) is 13.6. The molecule has 1 N–H and O–H groups in total. The number of nitrogens with zero attached hydrogens (tertiary/aromatic N) is 3. The van der Waals surface area contributed by atoms with Gasteiger partial charge >= 0.3 is 0 Å². The Labute approximate surface area is 171 Å². The average molecular weight is 417 g/mol. The Morgan fingerprint density at radius 1 is 1.21 bits per heavy atom. The van der Waals surface area contributed by atoms with Crippen LogP contribution in [0.25, 0.3) is 10.2 Å². The van der Waals surface area contributed by atoms with Crippen molar-refractivity contribution in [3.8, 4) is 0 Å². The Balaban J connectivity index is 1.58. The summed E-state index contributed by atoms with van der Waals surface area (Å²) in [7, 11) is 0. The molecule has 2 aromatic heterocycles. The van der Waals surface area contributed by atoms with Gasteiger partial charge in [-0.25, -0.2) is 4.98 Å². The summed E-state index contributed by atoms with van der Waals surface area (Å²) in [5.41, 5.74) is 1.46. The number of carbonyl (C=O) groups excluding carboxylic acids is 1. The molecule has 0 atom stereocenters. The van der Waals surface area contributed by atoms with Crippen LogP contribution in [-0.2, 0) is 17.9 Å². The summed E-state index contributed by atoms with van der Waals surface area (Å²) in [5, 5.41) is 5.36. The molecule has 3 aromatic rings. The molecular formula is C20H21ClN4O2S. The molecule has 1 saturated heterocycles. The minimum absolute atomic E-state index is 0.0495. The molecule has 1 aliphatic rings. The van der Waals surface area contributed by atoms with Gasteiger partial charge in [-0.2, -0.15) is 0 Å². The van der Waals surface area contributed by atoms with E-state index in [9.17, 15) is 9.59 Å². The zero-order valence-corrected chi connectivity index (χ0v) is 16.9. The Bertz CT molecular complexity index is 1060. The second kappa shape index (κ2) is 8.32. The molecule has 1 aliphatic heterocycles. The standard InChI is InChI=1S/C20H21ClN4O2S/c21-15-6-4-5-14(11-15)12-22-17(26)13-25-19(27)18-16(7-10-28-18)23-20(25)24-8-2-1-3-9-24/h4-7,10-11H,1-3,8-9,12-13H2,(H,22,26). The summed E-state index contributed by atoms with van der Waals surface area (Å²) in [4.78, 5) is 32.4. The van der Waals surface area contributed by atoms with Crippen LogP contribution in [-0.4, -0.2) is 28.5 Å². The van der Waals surface area contributed by atoms with Gasteiger partial charge in [0, 0.05) is 24.7 Å². The monoisotopic (exact) mass is 416 g/mol. The number of hydrogen-bond acceptors (Lipinski definition) is 5. The molecule has 1 aromatic carbocycles. The van der Waals surface area contributed by atoms with Crippen LogP contribution in [0.4, 0.5) is 5.95 Å². The van der Waals surface area contributed by atoms with Gasteiger partial charge in [0.05, 0.1) is 5.52 Å². The molecule has 0 spiro atoms. The van der Waals surface area contributed by atoms with Crippen LogP contribution in [0.15, 0.2) is 40.5 Å². The third-order valence-corrected chi connectivity index (χ3v) is 5.99. The van der Waals surface area contributed by atoms with Crippen LogP contribution in [0, 0.1) is 0 Å². The number of hydrogen-bond donors (Lipinski definition) is 1. The van der Waals surface area contributed by atoms with Gasteiger partial charge in [0.25, 0.3) is 5.56 Å². The van der Waals surface area contributed by atoms with Crippen molar-refractivity contribution >= 4 is 45.0 Å². The minimum atomic E-state index is -0.224. The maximum absolute atomic E-state index is 13.0. The molecule has 8 heteroatoms. The van der Waals surface area contributed by atoms with Crippen LogP contribution in [0.5, 0.6) is 0 Å². The van der Waals surface area contributed by atoms with Gasteiger partial charge in [0.1, 0.15) is 11.2 Å². The lowest BCUT2D eigenvalue weighted by molar-refractivity contribution is -0.121. The summed E-state index contributed by atoms with van der Waals surface area (Å²) < 4.78 is 2.10. The van der Waals surface area contributed by atoms with E-state index in [-0.39, 0.29) is 18.0 Å². The number of anilines is 1. The van der Waals surface area contributed by atoms with Crippen molar-refractivity contribution in [1.29, 1.82) is 0 Å². The van der Waals surface area contributed by atoms with Gasteiger partial charge in [0.15, 0.2) is 0 Å². The van der Waals surface area contributed by atoms with E-state index in [1.54, 1.807) is 6.07 Å². The van der Waals surface area contributed by atoms with Crippen LogP contribution < -0.4 is 15.8 Å². The maximum Gasteiger partial charge on any atom is 0.273 e. The molecule has 0 aliphatic carbocycles. The number of aromatic nitrogens is 2. The van der Waals surface area contributed by atoms with E-state index >= 15 is 0 Å². The van der Waals surface area contributed by atoms with E-state index < -0.39 is 0 Å². The summed E-state index contributed by atoms with van der Waals surface area (Å²) in [6, 6.07) is 9.21. The Kier molecular flexibility index (Phi) is 5.64. The minimum Gasteiger partial charge on any atom is -0.350 e. The van der Waals surface area contributed by atoms with E-state index in [4.69, 9.17) is 16.6 Å². The van der Waals surface area contributed by atoms with Gasteiger partial charge in [-0.3, -0.25) is 14.2 Å². The fourth-order valence-electron chi connectivity index (χ4n) is 3.46. The van der Waals surface area contributed by atoms with Gasteiger partial charge in [-0.1, -0.05) is 23.7 Å². The SMILES string of the molecule is O=C(Cn1c(N2CCCCC2)nc2ccsc2c1=O)NCc1cccc(Cl)c1. The van der Waals surface area contributed by atoms with Crippen LogP contribution >= 0.6 is 22.9 Å². The molecule has 0 saturated carbocycles. The van der Waals surface area contributed by atoms with Gasteiger partial charge in [0.2, 0.25) is 11.9 Å². The Morgan fingerprint density at radius 3 is 2.82 bits per heavy atom. The number of halogens is 1. The fraction of sp³-hybridized carbons (Fsp3) is 0.350. The number of rotatable bonds is 5. The molecule has 0 bridgehead atoms. The number of piperidine rings is 1. The first kappa shape index (κ1) is 19.0. The lowest BCUT2D eigenvalue weighted by Gasteiger charge is -2.29. The zero-order valence-electron chi connectivity index (χ0n) is 15.4. The highest BCUT2D eigenvalue weighted by molar-refractivity contribution is 7.17.